The maximum atomic E-state index is 12.6. The molecule has 114 valence electrons. The lowest BCUT2D eigenvalue weighted by Crippen LogP contribution is -2.49. The molecule has 0 radical (unpaired) electrons. The summed E-state index contributed by atoms with van der Waals surface area (Å²) >= 11 is 0. The van der Waals surface area contributed by atoms with Gasteiger partial charge < -0.3 is 10.2 Å². The van der Waals surface area contributed by atoms with Crippen molar-refractivity contribution >= 4 is 11.9 Å². The monoisotopic (exact) mass is 289 g/mol. The number of likely N-dealkylation sites (tertiary alicyclic amines) is 2. The molecule has 1 aromatic rings. The van der Waals surface area contributed by atoms with Crippen LogP contribution in [0.4, 0.5) is 5.95 Å². The van der Waals surface area contributed by atoms with Crippen molar-refractivity contribution in [3.05, 3.63) is 18.0 Å². The topological polar surface area (TPSA) is 61.4 Å². The lowest BCUT2D eigenvalue weighted by atomic mass is 10.0. The van der Waals surface area contributed by atoms with Crippen LogP contribution in [0.1, 0.15) is 36.0 Å². The standard InChI is InChI=1S/C15H23N5O/c1-16-15-17-9-12(10-18-15)14(21)20-8-4-5-13(11-20)19-6-2-3-7-19/h9-10,13H,2-8,11H2,1H3,(H,16,17,18). The van der Waals surface area contributed by atoms with Crippen molar-refractivity contribution in [2.75, 3.05) is 38.5 Å². The minimum absolute atomic E-state index is 0.0570. The predicted molar refractivity (Wildman–Crippen MR) is 81.3 cm³/mol. The highest BCUT2D eigenvalue weighted by molar-refractivity contribution is 5.93. The molecule has 3 heterocycles. The smallest absolute Gasteiger partial charge is 0.257 e. The van der Waals surface area contributed by atoms with Crippen LogP contribution in [-0.2, 0) is 0 Å². The van der Waals surface area contributed by atoms with Gasteiger partial charge in [-0.3, -0.25) is 9.69 Å². The maximum Gasteiger partial charge on any atom is 0.257 e. The van der Waals surface area contributed by atoms with Crippen LogP contribution in [0.3, 0.4) is 0 Å². The lowest BCUT2D eigenvalue weighted by molar-refractivity contribution is 0.0607. The molecule has 6 heteroatoms. The molecule has 0 aliphatic carbocycles. The molecule has 1 N–H and O–H groups in total. The second-order valence-electron chi connectivity index (χ2n) is 5.84. The van der Waals surface area contributed by atoms with Gasteiger partial charge in [0.15, 0.2) is 0 Å². The van der Waals surface area contributed by atoms with Gasteiger partial charge in [-0.15, -0.1) is 0 Å². The quantitative estimate of drug-likeness (QED) is 0.906. The van der Waals surface area contributed by atoms with Crippen molar-refractivity contribution in [2.45, 2.75) is 31.7 Å². The van der Waals surface area contributed by atoms with Gasteiger partial charge in [-0.25, -0.2) is 9.97 Å². The van der Waals surface area contributed by atoms with Crippen LogP contribution in [0.15, 0.2) is 12.4 Å². The van der Waals surface area contributed by atoms with E-state index in [1.807, 2.05) is 4.90 Å². The van der Waals surface area contributed by atoms with E-state index >= 15 is 0 Å². The SMILES string of the molecule is CNc1ncc(C(=O)N2CCCC(N3CCCC3)C2)cn1. The fraction of sp³-hybridized carbons (Fsp3) is 0.667. The van der Waals surface area contributed by atoms with Crippen LogP contribution in [0.5, 0.6) is 0 Å². The van der Waals surface area contributed by atoms with Crippen LogP contribution >= 0.6 is 0 Å². The van der Waals surface area contributed by atoms with E-state index < -0.39 is 0 Å². The fourth-order valence-electron chi connectivity index (χ4n) is 3.29. The molecular weight excluding hydrogens is 266 g/mol. The Kier molecular flexibility index (Phi) is 4.34. The third-order valence-electron chi connectivity index (χ3n) is 4.46. The van der Waals surface area contributed by atoms with Crippen molar-refractivity contribution in [2.24, 2.45) is 0 Å². The number of piperidine rings is 1. The molecule has 2 saturated heterocycles. The average molecular weight is 289 g/mol. The second kappa shape index (κ2) is 6.39. The lowest BCUT2D eigenvalue weighted by Gasteiger charge is -2.37. The number of carbonyl (C=O) groups excluding carboxylic acids is 1. The van der Waals surface area contributed by atoms with Gasteiger partial charge in [-0.1, -0.05) is 0 Å². The molecule has 1 amide bonds. The number of nitrogens with one attached hydrogen (secondary N) is 1. The van der Waals surface area contributed by atoms with E-state index in [0.717, 1.165) is 19.5 Å². The Morgan fingerprint density at radius 1 is 1.19 bits per heavy atom. The molecule has 2 aliphatic heterocycles. The highest BCUT2D eigenvalue weighted by Crippen LogP contribution is 2.21. The zero-order valence-corrected chi connectivity index (χ0v) is 12.6. The minimum atomic E-state index is 0.0570. The summed E-state index contributed by atoms with van der Waals surface area (Å²) < 4.78 is 0. The fourth-order valence-corrected chi connectivity index (χ4v) is 3.29. The number of aromatic nitrogens is 2. The van der Waals surface area contributed by atoms with Gasteiger partial charge in [0.05, 0.1) is 5.56 Å². The normalized spacial score (nSPS) is 23.3. The number of rotatable bonds is 3. The molecule has 0 aromatic carbocycles. The number of carbonyl (C=O) groups is 1. The summed E-state index contributed by atoms with van der Waals surface area (Å²) in [6.45, 7) is 4.06. The first-order valence-corrected chi connectivity index (χ1v) is 7.81. The predicted octanol–water partition coefficient (Wildman–Crippen LogP) is 1.22. The molecule has 1 aromatic heterocycles. The van der Waals surface area contributed by atoms with E-state index in [1.54, 1.807) is 19.4 Å². The number of hydrogen-bond acceptors (Lipinski definition) is 5. The van der Waals surface area contributed by atoms with Crippen LogP contribution in [0.2, 0.25) is 0 Å². The molecular formula is C15H23N5O. The molecule has 0 spiro atoms. The highest BCUT2D eigenvalue weighted by atomic mass is 16.2. The van der Waals surface area contributed by atoms with E-state index in [-0.39, 0.29) is 5.91 Å². The zero-order chi connectivity index (χ0) is 14.7. The third kappa shape index (κ3) is 3.15. The molecule has 0 saturated carbocycles. The summed E-state index contributed by atoms with van der Waals surface area (Å²) in [6.07, 6.45) is 8.11. The Balaban J connectivity index is 1.65. The summed E-state index contributed by atoms with van der Waals surface area (Å²) in [5.74, 6) is 0.599. The van der Waals surface area contributed by atoms with Gasteiger partial charge in [-0.2, -0.15) is 0 Å². The highest BCUT2D eigenvalue weighted by Gasteiger charge is 2.29. The van der Waals surface area contributed by atoms with Crippen LogP contribution in [0, 0.1) is 0 Å². The maximum absolute atomic E-state index is 12.6. The van der Waals surface area contributed by atoms with Crippen LogP contribution < -0.4 is 5.32 Å². The van der Waals surface area contributed by atoms with Gasteiger partial charge in [0.2, 0.25) is 5.95 Å². The van der Waals surface area contributed by atoms with Gasteiger partial charge in [0.25, 0.3) is 5.91 Å². The number of nitrogens with zero attached hydrogens (tertiary/aromatic N) is 4. The Bertz CT molecular complexity index is 483. The number of hydrogen-bond donors (Lipinski definition) is 1. The van der Waals surface area contributed by atoms with Crippen molar-refractivity contribution in [1.29, 1.82) is 0 Å². The molecule has 0 bridgehead atoms. The van der Waals surface area contributed by atoms with Crippen molar-refractivity contribution in [3.63, 3.8) is 0 Å². The van der Waals surface area contributed by atoms with Crippen LogP contribution in [-0.4, -0.2) is 64.9 Å². The number of anilines is 1. The van der Waals surface area contributed by atoms with E-state index in [9.17, 15) is 4.79 Å². The third-order valence-corrected chi connectivity index (χ3v) is 4.46. The van der Waals surface area contributed by atoms with E-state index in [2.05, 4.69) is 20.2 Å². The Labute approximate surface area is 125 Å². The molecule has 1 atom stereocenters. The molecule has 6 nitrogen and oxygen atoms in total. The Morgan fingerprint density at radius 2 is 1.90 bits per heavy atom. The molecule has 3 rings (SSSR count). The first-order chi connectivity index (χ1) is 10.3. The molecule has 2 aliphatic rings. The zero-order valence-electron chi connectivity index (χ0n) is 12.6. The van der Waals surface area contributed by atoms with Crippen molar-refractivity contribution in [3.8, 4) is 0 Å². The van der Waals surface area contributed by atoms with Gasteiger partial charge in [0.1, 0.15) is 0 Å². The second-order valence-corrected chi connectivity index (χ2v) is 5.84. The van der Waals surface area contributed by atoms with Crippen LogP contribution in [0.25, 0.3) is 0 Å². The first kappa shape index (κ1) is 14.3. The number of amides is 1. The van der Waals surface area contributed by atoms with E-state index in [4.69, 9.17) is 0 Å². The Hall–Kier alpha value is -1.69. The summed E-state index contributed by atoms with van der Waals surface area (Å²) in [7, 11) is 1.77. The molecule has 2 fully saturated rings. The van der Waals surface area contributed by atoms with Crippen molar-refractivity contribution < 1.29 is 4.79 Å². The Morgan fingerprint density at radius 3 is 2.57 bits per heavy atom. The summed E-state index contributed by atoms with van der Waals surface area (Å²) in [6, 6.07) is 0.530. The van der Waals surface area contributed by atoms with E-state index in [0.29, 0.717) is 17.6 Å². The summed E-state index contributed by atoms with van der Waals surface area (Å²) in [4.78, 5) is 25.3. The van der Waals surface area contributed by atoms with E-state index in [1.165, 1.54) is 32.4 Å². The minimum Gasteiger partial charge on any atom is -0.357 e. The van der Waals surface area contributed by atoms with Gasteiger partial charge >= 0.3 is 0 Å². The molecule has 1 unspecified atom stereocenters. The average Bonchev–Trinajstić information content (AvgIpc) is 3.09. The van der Waals surface area contributed by atoms with Gasteiger partial charge in [-0.05, 0) is 38.8 Å². The summed E-state index contributed by atoms with van der Waals surface area (Å²) in [5.41, 5.74) is 0.580. The van der Waals surface area contributed by atoms with Gasteiger partial charge in [0, 0.05) is 38.6 Å². The van der Waals surface area contributed by atoms with Crippen molar-refractivity contribution in [1.82, 2.24) is 19.8 Å². The first-order valence-electron chi connectivity index (χ1n) is 7.81. The summed E-state index contributed by atoms with van der Waals surface area (Å²) in [5, 5.41) is 2.86. The molecule has 21 heavy (non-hydrogen) atoms. The largest absolute Gasteiger partial charge is 0.357 e.